The standard InChI is InChI=1S/C11H6N/c1-2-9-7-10-5-3-4-6-11(10)12-8-9/h1,3-6,8H. The van der Waals surface area contributed by atoms with Crippen LogP contribution in [0.4, 0.5) is 0 Å². The topological polar surface area (TPSA) is 12.9 Å². The monoisotopic (exact) mass is 152 g/mol. The molecule has 0 saturated carbocycles. The number of rotatable bonds is 0. The molecule has 0 bridgehead atoms. The average Bonchev–Trinajstić information content (AvgIpc) is 2.17. The Bertz CT molecular complexity index is 452. The number of benzene rings is 1. The molecular formula is C11H6N. The van der Waals surface area contributed by atoms with E-state index in [0.717, 1.165) is 10.9 Å². The fourth-order valence-corrected chi connectivity index (χ4v) is 1.08. The largest absolute Gasteiger partial charge is 0.255 e. The van der Waals surface area contributed by atoms with E-state index in [1.54, 1.807) is 6.20 Å². The Labute approximate surface area is 71.1 Å². The van der Waals surface area contributed by atoms with Gasteiger partial charge in [0.1, 0.15) is 0 Å². The van der Waals surface area contributed by atoms with Crippen molar-refractivity contribution in [2.24, 2.45) is 0 Å². The minimum absolute atomic E-state index is 0.703. The van der Waals surface area contributed by atoms with Crippen LogP contribution in [-0.4, -0.2) is 4.98 Å². The molecule has 1 heterocycles. The molecule has 0 spiro atoms. The minimum atomic E-state index is 0.703. The van der Waals surface area contributed by atoms with Gasteiger partial charge in [-0.15, -0.1) is 6.42 Å². The zero-order valence-corrected chi connectivity index (χ0v) is 6.41. The molecule has 1 aromatic heterocycles. The van der Waals surface area contributed by atoms with Crippen LogP contribution in [0.1, 0.15) is 5.56 Å². The van der Waals surface area contributed by atoms with Crippen LogP contribution in [0.15, 0.2) is 30.5 Å². The van der Waals surface area contributed by atoms with Crippen molar-refractivity contribution in [2.45, 2.75) is 0 Å². The smallest absolute Gasteiger partial charge is 0.0709 e. The molecule has 2 aromatic rings. The highest BCUT2D eigenvalue weighted by atomic mass is 14.6. The number of para-hydroxylation sites is 1. The molecule has 0 N–H and O–H groups in total. The Morgan fingerprint density at radius 1 is 1.33 bits per heavy atom. The summed E-state index contributed by atoms with van der Waals surface area (Å²) < 4.78 is 0. The molecule has 0 unspecified atom stereocenters. The molecule has 1 nitrogen and oxygen atoms in total. The third-order valence-corrected chi connectivity index (χ3v) is 1.66. The average molecular weight is 152 g/mol. The number of pyridine rings is 1. The first-order chi connectivity index (χ1) is 5.90. The van der Waals surface area contributed by atoms with Crippen molar-refractivity contribution in [1.29, 1.82) is 0 Å². The Morgan fingerprint density at radius 2 is 2.17 bits per heavy atom. The Morgan fingerprint density at radius 3 is 3.00 bits per heavy atom. The third-order valence-electron chi connectivity index (χ3n) is 1.66. The minimum Gasteiger partial charge on any atom is -0.255 e. The maximum atomic E-state index is 5.22. The summed E-state index contributed by atoms with van der Waals surface area (Å²) in [7, 11) is 0. The number of nitrogens with zero attached hydrogens (tertiary/aromatic N) is 1. The lowest BCUT2D eigenvalue weighted by Crippen LogP contribution is -1.80. The zero-order valence-electron chi connectivity index (χ0n) is 6.41. The van der Waals surface area contributed by atoms with Crippen molar-refractivity contribution in [3.05, 3.63) is 42.1 Å². The maximum Gasteiger partial charge on any atom is 0.0709 e. The van der Waals surface area contributed by atoms with Gasteiger partial charge < -0.3 is 0 Å². The molecule has 0 saturated heterocycles. The molecule has 1 heteroatoms. The van der Waals surface area contributed by atoms with Gasteiger partial charge in [-0.25, -0.2) is 0 Å². The zero-order chi connectivity index (χ0) is 8.39. The predicted octanol–water partition coefficient (Wildman–Crippen LogP) is 2.02. The second-order valence-electron chi connectivity index (χ2n) is 2.46. The van der Waals surface area contributed by atoms with E-state index in [0.29, 0.717) is 5.56 Å². The van der Waals surface area contributed by atoms with Crippen molar-refractivity contribution in [1.82, 2.24) is 4.98 Å². The quantitative estimate of drug-likeness (QED) is 0.526. The molecule has 0 aliphatic carbocycles. The first kappa shape index (κ1) is 6.87. The number of aromatic nitrogens is 1. The molecule has 0 atom stereocenters. The van der Waals surface area contributed by atoms with Crippen LogP contribution >= 0.6 is 0 Å². The van der Waals surface area contributed by atoms with Gasteiger partial charge in [0, 0.05) is 17.6 Å². The first-order valence-electron chi connectivity index (χ1n) is 3.64. The SMILES string of the molecule is C#Cc1[c]c2ccccc2nc1. The summed E-state index contributed by atoms with van der Waals surface area (Å²) in [5, 5.41) is 0.966. The molecule has 0 amide bonds. The van der Waals surface area contributed by atoms with Crippen LogP contribution in [0.2, 0.25) is 0 Å². The molecule has 55 valence electrons. The van der Waals surface area contributed by atoms with Gasteiger partial charge in [0.25, 0.3) is 0 Å². The number of hydrogen-bond donors (Lipinski definition) is 0. The number of fused-ring (bicyclic) bond motifs is 1. The number of hydrogen-bond acceptors (Lipinski definition) is 1. The van der Waals surface area contributed by atoms with Crippen molar-refractivity contribution in [2.75, 3.05) is 0 Å². The number of terminal acetylenes is 1. The first-order valence-corrected chi connectivity index (χ1v) is 3.64. The molecule has 12 heavy (non-hydrogen) atoms. The highest BCUT2D eigenvalue weighted by Crippen LogP contribution is 2.10. The Hall–Kier alpha value is -1.81. The van der Waals surface area contributed by atoms with Crippen LogP contribution in [0, 0.1) is 18.4 Å². The Kier molecular flexibility index (Phi) is 1.53. The molecule has 0 aliphatic heterocycles. The summed E-state index contributed by atoms with van der Waals surface area (Å²) in [5.74, 6) is 2.50. The molecular weight excluding hydrogens is 146 g/mol. The van der Waals surface area contributed by atoms with Gasteiger partial charge in [0.05, 0.1) is 11.1 Å². The van der Waals surface area contributed by atoms with E-state index in [4.69, 9.17) is 6.42 Å². The lowest BCUT2D eigenvalue weighted by Gasteiger charge is -1.94. The molecule has 2 rings (SSSR count). The van der Waals surface area contributed by atoms with E-state index in [2.05, 4.69) is 17.0 Å². The summed E-state index contributed by atoms with van der Waals surface area (Å²) in [4.78, 5) is 4.18. The summed E-state index contributed by atoms with van der Waals surface area (Å²) in [6, 6.07) is 10.9. The van der Waals surface area contributed by atoms with Gasteiger partial charge in [-0.3, -0.25) is 4.98 Å². The Balaban J connectivity index is 2.78. The highest BCUT2D eigenvalue weighted by molar-refractivity contribution is 5.78. The molecule has 0 aliphatic rings. The van der Waals surface area contributed by atoms with Gasteiger partial charge >= 0.3 is 0 Å². The normalized spacial score (nSPS) is 9.58. The van der Waals surface area contributed by atoms with E-state index >= 15 is 0 Å². The molecule has 1 aromatic carbocycles. The molecule has 1 radical (unpaired) electrons. The lowest BCUT2D eigenvalue weighted by molar-refractivity contribution is 1.39. The van der Waals surface area contributed by atoms with Gasteiger partial charge in [0.15, 0.2) is 0 Å². The van der Waals surface area contributed by atoms with Gasteiger partial charge in [-0.1, -0.05) is 24.1 Å². The van der Waals surface area contributed by atoms with Gasteiger partial charge in [0.2, 0.25) is 0 Å². The highest BCUT2D eigenvalue weighted by Gasteiger charge is 1.93. The second-order valence-corrected chi connectivity index (χ2v) is 2.46. The van der Waals surface area contributed by atoms with Crippen molar-refractivity contribution >= 4 is 10.9 Å². The van der Waals surface area contributed by atoms with Crippen molar-refractivity contribution in [3.8, 4) is 12.3 Å². The fraction of sp³-hybridized carbons (Fsp3) is 0. The summed E-state index contributed by atoms with van der Waals surface area (Å²) >= 11 is 0. The maximum absolute atomic E-state index is 5.22. The van der Waals surface area contributed by atoms with Gasteiger partial charge in [-0.05, 0) is 6.07 Å². The van der Waals surface area contributed by atoms with Crippen molar-refractivity contribution in [3.63, 3.8) is 0 Å². The summed E-state index contributed by atoms with van der Waals surface area (Å²) in [6.45, 7) is 0. The van der Waals surface area contributed by atoms with Crippen LogP contribution in [0.5, 0.6) is 0 Å². The van der Waals surface area contributed by atoms with Gasteiger partial charge in [-0.2, -0.15) is 0 Å². The fourth-order valence-electron chi connectivity index (χ4n) is 1.08. The predicted molar refractivity (Wildman–Crippen MR) is 48.5 cm³/mol. The lowest BCUT2D eigenvalue weighted by atomic mass is 10.2. The van der Waals surface area contributed by atoms with E-state index in [-0.39, 0.29) is 0 Å². The van der Waals surface area contributed by atoms with Crippen LogP contribution < -0.4 is 0 Å². The van der Waals surface area contributed by atoms with Crippen LogP contribution in [0.25, 0.3) is 10.9 Å². The van der Waals surface area contributed by atoms with Crippen LogP contribution in [0.3, 0.4) is 0 Å². The van der Waals surface area contributed by atoms with E-state index in [1.165, 1.54) is 0 Å². The summed E-state index contributed by atoms with van der Waals surface area (Å²) in [6.07, 6.45) is 6.87. The van der Waals surface area contributed by atoms with E-state index < -0.39 is 0 Å². The van der Waals surface area contributed by atoms with Crippen molar-refractivity contribution < 1.29 is 0 Å². The second kappa shape index (κ2) is 2.67. The summed E-state index contributed by atoms with van der Waals surface area (Å²) in [5.41, 5.74) is 1.63. The van der Waals surface area contributed by atoms with E-state index in [9.17, 15) is 0 Å². The van der Waals surface area contributed by atoms with E-state index in [1.807, 2.05) is 24.3 Å². The van der Waals surface area contributed by atoms with Crippen LogP contribution in [-0.2, 0) is 0 Å². The molecule has 0 fully saturated rings. The third kappa shape index (κ3) is 1.04.